The van der Waals surface area contributed by atoms with E-state index < -0.39 is 0 Å². The fraction of sp³-hybridized carbons (Fsp3) is 0.667. The van der Waals surface area contributed by atoms with Crippen molar-refractivity contribution >= 4 is 5.96 Å². The summed E-state index contributed by atoms with van der Waals surface area (Å²) in [5.41, 5.74) is 1.73. The summed E-state index contributed by atoms with van der Waals surface area (Å²) in [5, 5.41) is 6.90. The van der Waals surface area contributed by atoms with E-state index in [1.54, 1.807) is 0 Å². The van der Waals surface area contributed by atoms with Gasteiger partial charge >= 0.3 is 0 Å². The van der Waals surface area contributed by atoms with E-state index in [0.29, 0.717) is 11.3 Å². The van der Waals surface area contributed by atoms with Crippen molar-refractivity contribution in [3.63, 3.8) is 0 Å². The Kier molecular flexibility index (Phi) is 7.32. The third-order valence-electron chi connectivity index (χ3n) is 5.51. The Balaban J connectivity index is 1.28. The lowest BCUT2D eigenvalue weighted by Crippen LogP contribution is -2.41. The maximum atomic E-state index is 5.81. The average Bonchev–Trinajstić information content (AvgIpc) is 3.49. The SMILES string of the molecule is CN=C(NCCCOCC1CCOCC1)NCC1(c2ccccc2)CC1. The molecule has 0 bridgehead atoms. The Morgan fingerprint density at radius 3 is 2.65 bits per heavy atom. The topological polar surface area (TPSA) is 54.9 Å². The summed E-state index contributed by atoms with van der Waals surface area (Å²) in [6, 6.07) is 10.8. The van der Waals surface area contributed by atoms with Crippen LogP contribution in [0.4, 0.5) is 0 Å². The highest BCUT2D eigenvalue weighted by Crippen LogP contribution is 2.47. The van der Waals surface area contributed by atoms with Gasteiger partial charge < -0.3 is 20.1 Å². The van der Waals surface area contributed by atoms with Crippen LogP contribution < -0.4 is 10.6 Å². The first-order chi connectivity index (χ1) is 12.8. The molecule has 0 radical (unpaired) electrons. The summed E-state index contributed by atoms with van der Waals surface area (Å²) < 4.78 is 11.2. The molecule has 3 rings (SSSR count). The molecule has 144 valence electrons. The zero-order valence-electron chi connectivity index (χ0n) is 16.0. The Bertz CT molecular complexity index is 552. The van der Waals surface area contributed by atoms with Gasteiger partial charge in [-0.05, 0) is 43.6 Å². The molecule has 0 spiro atoms. The van der Waals surface area contributed by atoms with E-state index in [1.165, 1.54) is 18.4 Å². The molecular formula is C21H33N3O2. The zero-order valence-corrected chi connectivity index (χ0v) is 16.0. The summed E-state index contributed by atoms with van der Waals surface area (Å²) in [5.74, 6) is 1.57. The van der Waals surface area contributed by atoms with Crippen LogP contribution in [0.3, 0.4) is 0 Å². The Hall–Kier alpha value is -1.59. The van der Waals surface area contributed by atoms with Gasteiger partial charge in [0.05, 0.1) is 0 Å². The zero-order chi connectivity index (χ0) is 18.1. The third kappa shape index (κ3) is 5.71. The van der Waals surface area contributed by atoms with Crippen LogP contribution >= 0.6 is 0 Å². The van der Waals surface area contributed by atoms with Crippen LogP contribution in [0.25, 0.3) is 0 Å². The van der Waals surface area contributed by atoms with Crippen LogP contribution in [-0.4, -0.2) is 52.5 Å². The molecule has 1 aromatic rings. The number of ether oxygens (including phenoxy) is 2. The van der Waals surface area contributed by atoms with Crippen molar-refractivity contribution in [2.75, 3.05) is 46.6 Å². The van der Waals surface area contributed by atoms with Gasteiger partial charge in [-0.3, -0.25) is 4.99 Å². The average molecular weight is 360 g/mol. The molecule has 0 aromatic heterocycles. The summed E-state index contributed by atoms with van der Waals surface area (Å²) >= 11 is 0. The van der Waals surface area contributed by atoms with Gasteiger partial charge in [-0.25, -0.2) is 0 Å². The number of benzene rings is 1. The van der Waals surface area contributed by atoms with Gasteiger partial charge in [-0.1, -0.05) is 30.3 Å². The van der Waals surface area contributed by atoms with Crippen molar-refractivity contribution in [1.29, 1.82) is 0 Å². The Morgan fingerprint density at radius 1 is 1.19 bits per heavy atom. The molecule has 0 unspecified atom stereocenters. The quantitative estimate of drug-likeness (QED) is 0.404. The van der Waals surface area contributed by atoms with Crippen LogP contribution in [0.15, 0.2) is 35.3 Å². The van der Waals surface area contributed by atoms with Gasteiger partial charge in [-0.2, -0.15) is 0 Å². The molecule has 1 heterocycles. The molecule has 2 N–H and O–H groups in total. The van der Waals surface area contributed by atoms with Crippen molar-refractivity contribution in [3.05, 3.63) is 35.9 Å². The molecule has 1 aliphatic heterocycles. The standard InChI is InChI=1S/C21H33N3O2/c1-22-20(23-12-5-13-26-16-18-8-14-25-15-9-18)24-17-21(10-11-21)19-6-3-2-4-7-19/h2-4,6-7,18H,5,8-17H2,1H3,(H2,22,23,24). The second-order valence-electron chi connectivity index (χ2n) is 7.48. The number of nitrogens with one attached hydrogen (secondary N) is 2. The van der Waals surface area contributed by atoms with Crippen molar-refractivity contribution in [2.24, 2.45) is 10.9 Å². The first-order valence-electron chi connectivity index (χ1n) is 9.98. The molecule has 2 fully saturated rings. The molecule has 2 aliphatic rings. The monoisotopic (exact) mass is 359 g/mol. The smallest absolute Gasteiger partial charge is 0.191 e. The van der Waals surface area contributed by atoms with Crippen molar-refractivity contribution in [2.45, 2.75) is 37.5 Å². The minimum Gasteiger partial charge on any atom is -0.381 e. The van der Waals surface area contributed by atoms with E-state index in [-0.39, 0.29) is 0 Å². The van der Waals surface area contributed by atoms with E-state index in [9.17, 15) is 0 Å². The summed E-state index contributed by atoms with van der Waals surface area (Å²) in [6.07, 6.45) is 5.77. The molecule has 5 heteroatoms. The van der Waals surface area contributed by atoms with E-state index >= 15 is 0 Å². The van der Waals surface area contributed by atoms with E-state index in [2.05, 4.69) is 46.0 Å². The number of hydrogen-bond acceptors (Lipinski definition) is 3. The summed E-state index contributed by atoms with van der Waals surface area (Å²) in [4.78, 5) is 4.34. The van der Waals surface area contributed by atoms with Crippen LogP contribution in [0, 0.1) is 5.92 Å². The second-order valence-corrected chi connectivity index (χ2v) is 7.48. The largest absolute Gasteiger partial charge is 0.381 e. The maximum Gasteiger partial charge on any atom is 0.191 e. The second kappa shape index (κ2) is 9.93. The maximum absolute atomic E-state index is 5.81. The molecule has 0 amide bonds. The predicted octanol–water partition coefficient (Wildman–Crippen LogP) is 2.72. The predicted molar refractivity (Wildman–Crippen MR) is 106 cm³/mol. The lowest BCUT2D eigenvalue weighted by atomic mass is 9.96. The highest BCUT2D eigenvalue weighted by Gasteiger charge is 2.43. The fourth-order valence-corrected chi connectivity index (χ4v) is 3.53. The fourth-order valence-electron chi connectivity index (χ4n) is 3.53. The van der Waals surface area contributed by atoms with Crippen LogP contribution in [0.2, 0.25) is 0 Å². The number of rotatable bonds is 9. The number of guanidine groups is 1. The molecule has 26 heavy (non-hydrogen) atoms. The first-order valence-corrected chi connectivity index (χ1v) is 9.98. The molecule has 1 aromatic carbocycles. The van der Waals surface area contributed by atoms with Gasteiger partial charge in [0.1, 0.15) is 0 Å². The Morgan fingerprint density at radius 2 is 1.96 bits per heavy atom. The van der Waals surface area contributed by atoms with Gasteiger partial charge in [0.15, 0.2) is 5.96 Å². The minimum absolute atomic E-state index is 0.297. The van der Waals surface area contributed by atoms with E-state index in [0.717, 1.165) is 64.7 Å². The van der Waals surface area contributed by atoms with Crippen molar-refractivity contribution in [1.82, 2.24) is 10.6 Å². The van der Waals surface area contributed by atoms with Crippen LogP contribution in [0.1, 0.15) is 37.7 Å². The van der Waals surface area contributed by atoms with E-state index in [4.69, 9.17) is 9.47 Å². The summed E-state index contributed by atoms with van der Waals surface area (Å²) in [6.45, 7) is 5.28. The lowest BCUT2D eigenvalue weighted by Gasteiger charge is -2.21. The van der Waals surface area contributed by atoms with Gasteiger partial charge in [0, 0.05) is 52.0 Å². The molecule has 5 nitrogen and oxygen atoms in total. The highest BCUT2D eigenvalue weighted by molar-refractivity contribution is 5.79. The molecule has 0 atom stereocenters. The van der Waals surface area contributed by atoms with Gasteiger partial charge in [0.25, 0.3) is 0 Å². The molecular weight excluding hydrogens is 326 g/mol. The Labute approximate surface area is 157 Å². The minimum atomic E-state index is 0.297. The van der Waals surface area contributed by atoms with Gasteiger partial charge in [0.2, 0.25) is 0 Å². The first kappa shape index (κ1) is 19.2. The lowest BCUT2D eigenvalue weighted by molar-refractivity contribution is 0.0203. The van der Waals surface area contributed by atoms with Gasteiger partial charge in [-0.15, -0.1) is 0 Å². The van der Waals surface area contributed by atoms with Crippen molar-refractivity contribution in [3.8, 4) is 0 Å². The molecule has 1 saturated carbocycles. The highest BCUT2D eigenvalue weighted by atomic mass is 16.5. The van der Waals surface area contributed by atoms with Crippen LogP contribution in [0.5, 0.6) is 0 Å². The molecule has 1 aliphatic carbocycles. The van der Waals surface area contributed by atoms with Crippen molar-refractivity contribution < 1.29 is 9.47 Å². The van der Waals surface area contributed by atoms with Crippen LogP contribution in [-0.2, 0) is 14.9 Å². The summed E-state index contributed by atoms with van der Waals surface area (Å²) in [7, 11) is 1.83. The normalized spacial score (nSPS) is 20.0. The molecule has 1 saturated heterocycles. The van der Waals surface area contributed by atoms with E-state index in [1.807, 2.05) is 7.05 Å². The number of aliphatic imine (C=N–C) groups is 1. The number of nitrogens with zero attached hydrogens (tertiary/aromatic N) is 1. The third-order valence-corrected chi connectivity index (χ3v) is 5.51. The number of hydrogen-bond donors (Lipinski definition) is 2.